The molecule has 0 heterocycles. The Kier molecular flexibility index (Phi) is 3.79. The molecule has 0 saturated heterocycles. The Hall–Kier alpha value is -1.43. The minimum atomic E-state index is -0.633. The van der Waals surface area contributed by atoms with Gasteiger partial charge in [0.05, 0.1) is 4.92 Å². The van der Waals surface area contributed by atoms with Crippen molar-refractivity contribution in [1.82, 2.24) is 0 Å². The zero-order chi connectivity index (χ0) is 11.4. The number of benzene rings is 1. The van der Waals surface area contributed by atoms with Crippen molar-refractivity contribution in [2.24, 2.45) is 0 Å². The number of hydrogen-bond donors (Lipinski definition) is 0. The Morgan fingerprint density at radius 3 is 2.87 bits per heavy atom. The Bertz CT molecular complexity index is 408. The molecule has 0 bridgehead atoms. The lowest BCUT2D eigenvalue weighted by molar-refractivity contribution is -0.385. The molecular weight excluding hydrogens is 269 g/mol. The molecule has 0 saturated carbocycles. The van der Waals surface area contributed by atoms with Gasteiger partial charge in [-0.2, -0.15) is 0 Å². The van der Waals surface area contributed by atoms with Crippen molar-refractivity contribution in [3.63, 3.8) is 0 Å². The second-order valence-corrected chi connectivity index (χ2v) is 3.80. The van der Waals surface area contributed by atoms with Crippen LogP contribution >= 0.6 is 15.9 Å². The second-order valence-electron chi connectivity index (χ2n) is 2.68. The number of nitro groups is 1. The minimum Gasteiger partial charge on any atom is -0.481 e. The SMILES string of the molecule is C=C(Br)COc1cc(F)ccc1[N+](=O)[O-]. The van der Waals surface area contributed by atoms with E-state index >= 15 is 0 Å². The largest absolute Gasteiger partial charge is 0.481 e. The predicted octanol–water partition coefficient (Wildman–Crippen LogP) is 3.02. The van der Waals surface area contributed by atoms with Crippen LogP contribution in [0.4, 0.5) is 10.1 Å². The number of halogens is 2. The molecule has 4 nitrogen and oxygen atoms in total. The third-order valence-corrected chi connectivity index (χ3v) is 1.73. The fourth-order valence-electron chi connectivity index (χ4n) is 0.910. The van der Waals surface area contributed by atoms with E-state index in [4.69, 9.17) is 4.74 Å². The van der Waals surface area contributed by atoms with E-state index in [0.29, 0.717) is 4.48 Å². The molecule has 0 aliphatic carbocycles. The Morgan fingerprint density at radius 2 is 2.33 bits per heavy atom. The van der Waals surface area contributed by atoms with Crippen LogP contribution < -0.4 is 4.74 Å². The third kappa shape index (κ3) is 3.32. The number of nitro benzene ring substituents is 1. The first-order chi connectivity index (χ1) is 7.00. The summed E-state index contributed by atoms with van der Waals surface area (Å²) in [6.07, 6.45) is 0. The summed E-state index contributed by atoms with van der Waals surface area (Å²) in [5.41, 5.74) is -0.273. The molecule has 0 unspecified atom stereocenters. The van der Waals surface area contributed by atoms with E-state index in [2.05, 4.69) is 22.5 Å². The summed E-state index contributed by atoms with van der Waals surface area (Å²) >= 11 is 3.03. The lowest BCUT2D eigenvalue weighted by Gasteiger charge is -2.05. The average molecular weight is 276 g/mol. The van der Waals surface area contributed by atoms with Gasteiger partial charge in [-0.05, 0) is 6.07 Å². The summed E-state index contributed by atoms with van der Waals surface area (Å²) in [5.74, 6) is -0.698. The van der Waals surface area contributed by atoms with Crippen molar-refractivity contribution >= 4 is 21.6 Å². The van der Waals surface area contributed by atoms with Crippen LogP contribution in [0, 0.1) is 15.9 Å². The van der Waals surface area contributed by atoms with Crippen molar-refractivity contribution in [2.45, 2.75) is 0 Å². The van der Waals surface area contributed by atoms with Gasteiger partial charge < -0.3 is 4.74 Å². The highest BCUT2D eigenvalue weighted by Crippen LogP contribution is 2.27. The topological polar surface area (TPSA) is 52.4 Å². The summed E-state index contributed by atoms with van der Waals surface area (Å²) < 4.78 is 18.3. The first-order valence-corrected chi connectivity index (χ1v) is 4.70. The van der Waals surface area contributed by atoms with E-state index in [9.17, 15) is 14.5 Å². The summed E-state index contributed by atoms with van der Waals surface area (Å²) in [7, 11) is 0. The second kappa shape index (κ2) is 4.88. The van der Waals surface area contributed by atoms with E-state index in [0.717, 1.165) is 18.2 Å². The first kappa shape index (κ1) is 11.6. The molecule has 0 aliphatic heterocycles. The Morgan fingerprint density at radius 1 is 1.67 bits per heavy atom. The zero-order valence-electron chi connectivity index (χ0n) is 7.57. The van der Waals surface area contributed by atoms with Gasteiger partial charge in [0.2, 0.25) is 0 Å². The molecule has 0 radical (unpaired) electrons. The first-order valence-electron chi connectivity index (χ1n) is 3.90. The van der Waals surface area contributed by atoms with Crippen LogP contribution in [0.25, 0.3) is 0 Å². The van der Waals surface area contributed by atoms with Crippen molar-refractivity contribution < 1.29 is 14.1 Å². The lowest BCUT2D eigenvalue weighted by atomic mass is 10.3. The monoisotopic (exact) mass is 275 g/mol. The maximum Gasteiger partial charge on any atom is 0.311 e. The van der Waals surface area contributed by atoms with Crippen molar-refractivity contribution in [3.05, 3.63) is 45.2 Å². The van der Waals surface area contributed by atoms with Crippen LogP contribution in [0.1, 0.15) is 0 Å². The lowest BCUT2D eigenvalue weighted by Crippen LogP contribution is -2.00. The fraction of sp³-hybridized carbons (Fsp3) is 0.111. The van der Waals surface area contributed by atoms with Gasteiger partial charge in [-0.25, -0.2) is 4.39 Å². The van der Waals surface area contributed by atoms with Crippen LogP contribution in [0.5, 0.6) is 5.75 Å². The number of nitrogens with zero attached hydrogens (tertiary/aromatic N) is 1. The van der Waals surface area contributed by atoms with Crippen molar-refractivity contribution in [3.8, 4) is 5.75 Å². The molecule has 6 heteroatoms. The number of ether oxygens (including phenoxy) is 1. The average Bonchev–Trinajstić information content (AvgIpc) is 2.14. The molecule has 0 atom stereocenters. The molecule has 1 aromatic rings. The van der Waals surface area contributed by atoms with Crippen LogP contribution in [-0.2, 0) is 0 Å². The molecule has 1 aromatic carbocycles. The third-order valence-electron chi connectivity index (χ3n) is 1.50. The Balaban J connectivity index is 2.96. The van der Waals surface area contributed by atoms with Crippen LogP contribution in [0.2, 0.25) is 0 Å². The fourth-order valence-corrected chi connectivity index (χ4v) is 1.02. The molecule has 0 fully saturated rings. The summed E-state index contributed by atoms with van der Waals surface area (Å²) in [4.78, 5) is 9.91. The van der Waals surface area contributed by atoms with E-state index in [1.807, 2.05) is 0 Å². The van der Waals surface area contributed by atoms with Gasteiger partial charge in [-0.15, -0.1) is 0 Å². The molecule has 15 heavy (non-hydrogen) atoms. The quantitative estimate of drug-likeness (QED) is 0.627. The van der Waals surface area contributed by atoms with E-state index in [1.165, 1.54) is 0 Å². The van der Waals surface area contributed by atoms with Gasteiger partial charge >= 0.3 is 5.69 Å². The van der Waals surface area contributed by atoms with Crippen molar-refractivity contribution in [2.75, 3.05) is 6.61 Å². The predicted molar refractivity (Wildman–Crippen MR) is 56.6 cm³/mol. The maximum atomic E-state index is 12.8. The zero-order valence-corrected chi connectivity index (χ0v) is 9.16. The summed E-state index contributed by atoms with van der Waals surface area (Å²) in [6.45, 7) is 3.54. The van der Waals surface area contributed by atoms with Gasteiger partial charge in [0.1, 0.15) is 12.4 Å². The molecule has 0 amide bonds. The van der Waals surface area contributed by atoms with E-state index in [-0.39, 0.29) is 18.0 Å². The molecule has 0 N–H and O–H groups in total. The highest BCUT2D eigenvalue weighted by atomic mass is 79.9. The van der Waals surface area contributed by atoms with Gasteiger partial charge in [0.25, 0.3) is 0 Å². The molecule has 0 aromatic heterocycles. The normalized spacial score (nSPS) is 9.73. The smallest absolute Gasteiger partial charge is 0.311 e. The maximum absolute atomic E-state index is 12.8. The van der Waals surface area contributed by atoms with Gasteiger partial charge in [0.15, 0.2) is 5.75 Å². The van der Waals surface area contributed by atoms with Crippen LogP contribution in [0.15, 0.2) is 29.3 Å². The molecule has 0 aliphatic rings. The summed E-state index contributed by atoms with van der Waals surface area (Å²) in [5, 5.41) is 10.5. The van der Waals surface area contributed by atoms with Crippen molar-refractivity contribution in [1.29, 1.82) is 0 Å². The minimum absolute atomic E-state index is 0.0459. The Labute approximate surface area is 93.6 Å². The highest BCUT2D eigenvalue weighted by molar-refractivity contribution is 9.11. The molecular formula is C9H7BrFNO3. The number of hydrogen-bond acceptors (Lipinski definition) is 3. The van der Waals surface area contributed by atoms with Gasteiger partial charge in [-0.3, -0.25) is 10.1 Å². The van der Waals surface area contributed by atoms with Gasteiger partial charge in [0, 0.05) is 16.6 Å². The van der Waals surface area contributed by atoms with Crippen LogP contribution in [0.3, 0.4) is 0 Å². The van der Waals surface area contributed by atoms with Crippen LogP contribution in [-0.4, -0.2) is 11.5 Å². The molecule has 0 spiro atoms. The molecule has 80 valence electrons. The van der Waals surface area contributed by atoms with E-state index < -0.39 is 10.7 Å². The van der Waals surface area contributed by atoms with Gasteiger partial charge in [-0.1, -0.05) is 22.5 Å². The van der Waals surface area contributed by atoms with E-state index in [1.54, 1.807) is 0 Å². The highest BCUT2D eigenvalue weighted by Gasteiger charge is 2.15. The summed E-state index contributed by atoms with van der Waals surface area (Å²) in [6, 6.07) is 3.03. The molecule has 1 rings (SSSR count). The number of rotatable bonds is 4. The standard InChI is InChI=1S/C9H7BrFNO3/c1-6(10)5-15-9-4-7(11)2-3-8(9)12(13)14/h2-4H,1,5H2.